The lowest BCUT2D eigenvalue weighted by Crippen LogP contribution is -2.31. The van der Waals surface area contributed by atoms with Gasteiger partial charge in [0.05, 0.1) is 0 Å². The zero-order valence-corrected chi connectivity index (χ0v) is 11.7. The van der Waals surface area contributed by atoms with Crippen molar-refractivity contribution in [2.75, 3.05) is 20.1 Å². The lowest BCUT2D eigenvalue weighted by atomic mass is 10.2. The highest BCUT2D eigenvalue weighted by atomic mass is 79.9. The second-order valence-corrected chi connectivity index (χ2v) is 5.66. The van der Waals surface area contributed by atoms with Gasteiger partial charge in [-0.25, -0.2) is 0 Å². The molecule has 1 heterocycles. The molecule has 0 bridgehead atoms. The maximum Gasteiger partial charge on any atom is 0.0417 e. The first-order chi connectivity index (χ1) is 7.65. The van der Waals surface area contributed by atoms with Gasteiger partial charge in [-0.05, 0) is 37.7 Å². The number of hydrogen-bond donors (Lipinski definition) is 1. The molecule has 1 aliphatic rings. The van der Waals surface area contributed by atoms with Crippen LogP contribution in [-0.2, 0) is 6.54 Å². The fourth-order valence-corrected chi connectivity index (χ4v) is 2.84. The van der Waals surface area contributed by atoms with Crippen LogP contribution in [0.1, 0.15) is 12.0 Å². The summed E-state index contributed by atoms with van der Waals surface area (Å²) < 4.78 is 1.08. The standard InChI is InChI=1S/C12H16BrClN2/c1-16-5-4-11(8-16)15-7-9-2-3-10(14)6-12(9)13/h2-3,6,11,15H,4-5,7-8H2,1H3. The molecule has 0 radical (unpaired) electrons. The smallest absolute Gasteiger partial charge is 0.0417 e. The highest BCUT2D eigenvalue weighted by Gasteiger charge is 2.18. The average molecular weight is 304 g/mol. The van der Waals surface area contributed by atoms with Crippen molar-refractivity contribution in [1.82, 2.24) is 10.2 Å². The number of halogens is 2. The van der Waals surface area contributed by atoms with Crippen molar-refractivity contribution >= 4 is 27.5 Å². The minimum Gasteiger partial charge on any atom is -0.309 e. The SMILES string of the molecule is CN1CCC(NCc2ccc(Cl)cc2Br)C1. The minimum absolute atomic E-state index is 0.618. The number of likely N-dealkylation sites (N-methyl/N-ethyl adjacent to an activating group) is 1. The zero-order valence-electron chi connectivity index (χ0n) is 9.34. The molecule has 1 aromatic carbocycles. The summed E-state index contributed by atoms with van der Waals surface area (Å²) in [7, 11) is 2.17. The van der Waals surface area contributed by atoms with Gasteiger partial charge in [0, 0.05) is 28.6 Å². The number of likely N-dealkylation sites (tertiary alicyclic amines) is 1. The van der Waals surface area contributed by atoms with Crippen molar-refractivity contribution in [3.05, 3.63) is 33.3 Å². The van der Waals surface area contributed by atoms with E-state index in [9.17, 15) is 0 Å². The Labute approximate surface area is 110 Å². The Morgan fingerprint density at radius 2 is 2.38 bits per heavy atom. The van der Waals surface area contributed by atoms with Gasteiger partial charge in [-0.15, -0.1) is 0 Å². The van der Waals surface area contributed by atoms with Crippen LogP contribution in [0, 0.1) is 0 Å². The van der Waals surface area contributed by atoms with E-state index in [1.807, 2.05) is 12.1 Å². The topological polar surface area (TPSA) is 15.3 Å². The van der Waals surface area contributed by atoms with Gasteiger partial charge in [-0.1, -0.05) is 33.6 Å². The van der Waals surface area contributed by atoms with Crippen LogP contribution < -0.4 is 5.32 Å². The summed E-state index contributed by atoms with van der Waals surface area (Å²) in [6, 6.07) is 6.56. The van der Waals surface area contributed by atoms with Gasteiger partial charge in [0.15, 0.2) is 0 Å². The van der Waals surface area contributed by atoms with Crippen LogP contribution in [0.3, 0.4) is 0 Å². The molecule has 1 unspecified atom stereocenters. The summed E-state index contributed by atoms with van der Waals surface area (Å²) in [5.41, 5.74) is 1.26. The summed E-state index contributed by atoms with van der Waals surface area (Å²) >= 11 is 9.44. The first kappa shape index (κ1) is 12.4. The lowest BCUT2D eigenvalue weighted by Gasteiger charge is -2.13. The maximum absolute atomic E-state index is 5.91. The second kappa shape index (κ2) is 5.50. The minimum atomic E-state index is 0.618. The molecule has 16 heavy (non-hydrogen) atoms. The number of benzene rings is 1. The van der Waals surface area contributed by atoms with Gasteiger partial charge in [-0.3, -0.25) is 0 Å². The largest absolute Gasteiger partial charge is 0.309 e. The van der Waals surface area contributed by atoms with Gasteiger partial charge in [0.25, 0.3) is 0 Å². The molecule has 1 fully saturated rings. The normalized spacial score (nSPS) is 21.6. The molecule has 0 saturated carbocycles. The third kappa shape index (κ3) is 3.20. The molecule has 0 spiro atoms. The predicted molar refractivity (Wildman–Crippen MR) is 71.9 cm³/mol. The van der Waals surface area contributed by atoms with Crippen LogP contribution in [0.25, 0.3) is 0 Å². The monoisotopic (exact) mass is 302 g/mol. The predicted octanol–water partition coefficient (Wildman–Crippen LogP) is 2.90. The number of nitrogens with zero attached hydrogens (tertiary/aromatic N) is 1. The van der Waals surface area contributed by atoms with Crippen molar-refractivity contribution in [3.8, 4) is 0 Å². The molecular weight excluding hydrogens is 288 g/mol. The highest BCUT2D eigenvalue weighted by molar-refractivity contribution is 9.10. The summed E-state index contributed by atoms with van der Waals surface area (Å²) in [6.45, 7) is 3.24. The Bertz CT molecular complexity index is 370. The molecule has 1 aliphatic heterocycles. The van der Waals surface area contributed by atoms with Crippen LogP contribution in [-0.4, -0.2) is 31.1 Å². The summed E-state index contributed by atoms with van der Waals surface area (Å²) in [4.78, 5) is 2.36. The van der Waals surface area contributed by atoms with Crippen molar-refractivity contribution < 1.29 is 0 Å². The van der Waals surface area contributed by atoms with Gasteiger partial charge in [0.1, 0.15) is 0 Å². The average Bonchev–Trinajstić information content (AvgIpc) is 2.63. The van der Waals surface area contributed by atoms with Crippen molar-refractivity contribution in [2.45, 2.75) is 19.0 Å². The van der Waals surface area contributed by atoms with Gasteiger partial charge >= 0.3 is 0 Å². The van der Waals surface area contributed by atoms with E-state index in [-0.39, 0.29) is 0 Å². The van der Waals surface area contributed by atoms with Gasteiger partial charge < -0.3 is 10.2 Å². The van der Waals surface area contributed by atoms with E-state index in [0.29, 0.717) is 6.04 Å². The third-order valence-corrected chi connectivity index (χ3v) is 3.96. The molecule has 2 nitrogen and oxygen atoms in total. The van der Waals surface area contributed by atoms with E-state index in [0.717, 1.165) is 22.6 Å². The molecule has 88 valence electrons. The van der Waals surface area contributed by atoms with Gasteiger partial charge in [-0.2, -0.15) is 0 Å². The molecule has 1 saturated heterocycles. The molecule has 1 aromatic rings. The fourth-order valence-electron chi connectivity index (χ4n) is 2.02. The third-order valence-electron chi connectivity index (χ3n) is 2.99. The Morgan fingerprint density at radius 3 is 3.00 bits per heavy atom. The van der Waals surface area contributed by atoms with Crippen molar-refractivity contribution in [1.29, 1.82) is 0 Å². The Hall–Kier alpha value is -0.0900. The molecular formula is C12H16BrClN2. The zero-order chi connectivity index (χ0) is 11.5. The van der Waals surface area contributed by atoms with E-state index < -0.39 is 0 Å². The van der Waals surface area contributed by atoms with Crippen LogP contribution >= 0.6 is 27.5 Å². The molecule has 1 N–H and O–H groups in total. The lowest BCUT2D eigenvalue weighted by molar-refractivity contribution is 0.397. The summed E-state index contributed by atoms with van der Waals surface area (Å²) in [5, 5.41) is 4.35. The van der Waals surface area contributed by atoms with E-state index >= 15 is 0 Å². The van der Waals surface area contributed by atoms with E-state index in [4.69, 9.17) is 11.6 Å². The molecule has 0 aliphatic carbocycles. The Kier molecular flexibility index (Phi) is 4.25. The van der Waals surface area contributed by atoms with Crippen LogP contribution in [0.15, 0.2) is 22.7 Å². The maximum atomic E-state index is 5.91. The summed E-state index contributed by atoms with van der Waals surface area (Å²) in [6.07, 6.45) is 1.24. The quantitative estimate of drug-likeness (QED) is 0.924. The van der Waals surface area contributed by atoms with Crippen LogP contribution in [0.5, 0.6) is 0 Å². The summed E-state index contributed by atoms with van der Waals surface area (Å²) in [5.74, 6) is 0. The number of hydrogen-bond acceptors (Lipinski definition) is 2. The second-order valence-electron chi connectivity index (χ2n) is 4.36. The van der Waals surface area contributed by atoms with Crippen LogP contribution in [0.4, 0.5) is 0 Å². The Balaban J connectivity index is 1.89. The highest BCUT2D eigenvalue weighted by Crippen LogP contribution is 2.21. The fraction of sp³-hybridized carbons (Fsp3) is 0.500. The van der Waals surface area contributed by atoms with Gasteiger partial charge in [0.2, 0.25) is 0 Å². The molecule has 1 atom stereocenters. The Morgan fingerprint density at radius 1 is 1.56 bits per heavy atom. The molecule has 2 rings (SSSR count). The van der Waals surface area contributed by atoms with E-state index in [1.165, 1.54) is 18.5 Å². The van der Waals surface area contributed by atoms with E-state index in [1.54, 1.807) is 0 Å². The molecule has 0 amide bonds. The van der Waals surface area contributed by atoms with Crippen LogP contribution in [0.2, 0.25) is 5.02 Å². The first-order valence-corrected chi connectivity index (χ1v) is 6.68. The molecule has 4 heteroatoms. The van der Waals surface area contributed by atoms with Crippen molar-refractivity contribution in [3.63, 3.8) is 0 Å². The number of nitrogens with one attached hydrogen (secondary N) is 1. The molecule has 0 aromatic heterocycles. The first-order valence-electron chi connectivity index (χ1n) is 5.51. The number of rotatable bonds is 3. The van der Waals surface area contributed by atoms with Crippen molar-refractivity contribution in [2.24, 2.45) is 0 Å². The van der Waals surface area contributed by atoms with E-state index in [2.05, 4.69) is 39.3 Å².